The third-order valence-corrected chi connectivity index (χ3v) is 7.05. The van der Waals surface area contributed by atoms with Gasteiger partial charge in [0.15, 0.2) is 11.0 Å². The van der Waals surface area contributed by atoms with Crippen LogP contribution in [0.5, 0.6) is 0 Å². The lowest BCUT2D eigenvalue weighted by Gasteiger charge is -2.17. The van der Waals surface area contributed by atoms with Crippen LogP contribution >= 0.6 is 11.8 Å². The van der Waals surface area contributed by atoms with Crippen LogP contribution < -0.4 is 10.6 Å². The number of nitrogens with one attached hydrogen (secondary N) is 2. The minimum atomic E-state index is -0.358. The van der Waals surface area contributed by atoms with Crippen molar-refractivity contribution in [2.45, 2.75) is 51.6 Å². The van der Waals surface area contributed by atoms with Crippen molar-refractivity contribution < 1.29 is 4.79 Å². The Labute approximate surface area is 211 Å². The molecule has 0 fully saturated rings. The maximum atomic E-state index is 12.8. The number of benzene rings is 3. The monoisotopic (exact) mass is 485 g/mol. The van der Waals surface area contributed by atoms with Crippen molar-refractivity contribution in [3.05, 3.63) is 100 Å². The second-order valence-corrected chi connectivity index (χ2v) is 9.79. The molecule has 0 saturated carbocycles. The average Bonchev–Trinajstić information content (AvgIpc) is 3.25. The molecule has 2 amide bonds. The molecule has 0 spiro atoms. The van der Waals surface area contributed by atoms with Gasteiger partial charge in [-0.3, -0.25) is 4.57 Å². The number of thioether (sulfide) groups is 1. The van der Waals surface area contributed by atoms with E-state index in [1.165, 1.54) is 22.3 Å². The quantitative estimate of drug-likeness (QED) is 0.287. The highest BCUT2D eigenvalue weighted by Gasteiger charge is 2.21. The van der Waals surface area contributed by atoms with Crippen LogP contribution in [0.2, 0.25) is 0 Å². The largest absolute Gasteiger partial charge is 0.328 e. The molecule has 3 aromatic carbocycles. The van der Waals surface area contributed by atoms with Gasteiger partial charge >= 0.3 is 6.03 Å². The fourth-order valence-corrected chi connectivity index (χ4v) is 4.79. The first-order valence-electron chi connectivity index (χ1n) is 11.7. The van der Waals surface area contributed by atoms with Crippen molar-refractivity contribution >= 4 is 23.5 Å². The topological polar surface area (TPSA) is 71.8 Å². The normalized spacial score (nSPS) is 11.8. The van der Waals surface area contributed by atoms with Crippen molar-refractivity contribution in [1.82, 2.24) is 20.1 Å². The van der Waals surface area contributed by atoms with Crippen LogP contribution in [0.3, 0.4) is 0 Å². The van der Waals surface area contributed by atoms with Gasteiger partial charge < -0.3 is 10.6 Å². The summed E-state index contributed by atoms with van der Waals surface area (Å²) in [4.78, 5) is 12.8. The van der Waals surface area contributed by atoms with Crippen LogP contribution in [0.25, 0.3) is 5.69 Å². The van der Waals surface area contributed by atoms with Gasteiger partial charge in [0, 0.05) is 17.1 Å². The van der Waals surface area contributed by atoms with Crippen molar-refractivity contribution in [2.24, 2.45) is 0 Å². The van der Waals surface area contributed by atoms with E-state index in [4.69, 9.17) is 0 Å². The smallest absolute Gasteiger partial charge is 0.319 e. The number of rotatable bonds is 7. The summed E-state index contributed by atoms with van der Waals surface area (Å²) in [7, 11) is 0. The van der Waals surface area contributed by atoms with Gasteiger partial charge in [0.05, 0.1) is 6.04 Å². The molecule has 1 heterocycles. The molecule has 0 saturated heterocycles. The third-order valence-electron chi connectivity index (χ3n) is 6.07. The molecular formula is C28H31N5OS. The maximum Gasteiger partial charge on any atom is 0.319 e. The second kappa shape index (κ2) is 10.8. The number of anilines is 1. The number of aromatic nitrogens is 3. The van der Waals surface area contributed by atoms with E-state index in [0.29, 0.717) is 5.82 Å². The highest BCUT2D eigenvalue weighted by molar-refractivity contribution is 7.98. The zero-order chi connectivity index (χ0) is 24.9. The summed E-state index contributed by atoms with van der Waals surface area (Å²) in [6.07, 6.45) is 0. The average molecular weight is 486 g/mol. The summed E-state index contributed by atoms with van der Waals surface area (Å²) in [5, 5.41) is 15.7. The van der Waals surface area contributed by atoms with E-state index >= 15 is 0 Å². The second-order valence-electron chi connectivity index (χ2n) is 8.85. The minimum Gasteiger partial charge on any atom is -0.328 e. The Morgan fingerprint density at radius 1 is 0.914 bits per heavy atom. The lowest BCUT2D eigenvalue weighted by molar-refractivity contribution is 0.249. The Balaban J connectivity index is 1.57. The van der Waals surface area contributed by atoms with Gasteiger partial charge in [0.1, 0.15) is 0 Å². The van der Waals surface area contributed by atoms with Crippen LogP contribution in [0.15, 0.2) is 71.9 Å². The molecule has 1 aromatic heterocycles. The van der Waals surface area contributed by atoms with E-state index in [2.05, 4.69) is 77.1 Å². The molecular weight excluding hydrogens is 454 g/mol. The summed E-state index contributed by atoms with van der Waals surface area (Å²) >= 11 is 1.64. The molecule has 0 aliphatic rings. The number of carbonyl (C=O) groups excluding carboxylic acids is 1. The molecule has 35 heavy (non-hydrogen) atoms. The first kappa shape index (κ1) is 24.5. The third kappa shape index (κ3) is 5.92. The van der Waals surface area contributed by atoms with Gasteiger partial charge in [-0.15, -0.1) is 10.2 Å². The number of hydrogen-bond donors (Lipinski definition) is 2. The van der Waals surface area contributed by atoms with Crippen LogP contribution in [0.1, 0.15) is 46.6 Å². The summed E-state index contributed by atoms with van der Waals surface area (Å²) in [5.41, 5.74) is 7.72. The van der Waals surface area contributed by atoms with Crippen LogP contribution in [-0.2, 0) is 5.75 Å². The standard InChI is InChI=1S/C28H31N5OS/c1-18-10-14-25(15-11-18)33-26(31-32-28(33)35-17-23-9-7-6-8-20(23)3)22(5)29-27(34)30-24-13-12-19(2)21(4)16-24/h6-16,22H,17H2,1-5H3,(H2,29,30,34). The zero-order valence-corrected chi connectivity index (χ0v) is 21.6. The van der Waals surface area contributed by atoms with Gasteiger partial charge in [-0.1, -0.05) is 59.8 Å². The van der Waals surface area contributed by atoms with E-state index in [9.17, 15) is 4.79 Å². The number of urea groups is 1. The number of aryl methyl sites for hydroxylation is 4. The van der Waals surface area contributed by atoms with Crippen molar-refractivity contribution in [1.29, 1.82) is 0 Å². The maximum absolute atomic E-state index is 12.8. The van der Waals surface area contributed by atoms with E-state index < -0.39 is 0 Å². The molecule has 1 atom stereocenters. The predicted molar refractivity (Wildman–Crippen MR) is 143 cm³/mol. The Bertz CT molecular complexity index is 1330. The van der Waals surface area contributed by atoms with E-state index in [1.54, 1.807) is 11.8 Å². The summed E-state index contributed by atoms with van der Waals surface area (Å²) in [5.74, 6) is 1.46. The van der Waals surface area contributed by atoms with Gasteiger partial charge in [-0.25, -0.2) is 4.79 Å². The Hall–Kier alpha value is -3.58. The predicted octanol–water partition coefficient (Wildman–Crippen LogP) is 6.68. The molecule has 4 aromatic rings. The van der Waals surface area contributed by atoms with Crippen molar-refractivity contribution in [3.63, 3.8) is 0 Å². The van der Waals surface area contributed by atoms with E-state index in [0.717, 1.165) is 27.8 Å². The fraction of sp³-hybridized carbons (Fsp3) is 0.250. The number of hydrogen-bond acceptors (Lipinski definition) is 4. The van der Waals surface area contributed by atoms with Gasteiger partial charge in [0.2, 0.25) is 0 Å². The van der Waals surface area contributed by atoms with Crippen LogP contribution in [0.4, 0.5) is 10.5 Å². The molecule has 0 bridgehead atoms. The molecule has 2 N–H and O–H groups in total. The van der Waals surface area contributed by atoms with E-state index in [-0.39, 0.29) is 12.1 Å². The molecule has 180 valence electrons. The van der Waals surface area contributed by atoms with Gasteiger partial charge in [0.25, 0.3) is 0 Å². The molecule has 4 rings (SSSR count). The number of amides is 2. The molecule has 0 aliphatic carbocycles. The van der Waals surface area contributed by atoms with Crippen LogP contribution in [-0.4, -0.2) is 20.8 Å². The number of carbonyl (C=O) groups is 1. The van der Waals surface area contributed by atoms with Gasteiger partial charge in [-0.05, 0) is 81.1 Å². The lowest BCUT2D eigenvalue weighted by Crippen LogP contribution is -2.32. The van der Waals surface area contributed by atoms with Gasteiger partial charge in [-0.2, -0.15) is 0 Å². The molecule has 7 heteroatoms. The van der Waals surface area contributed by atoms with Crippen molar-refractivity contribution in [3.8, 4) is 5.69 Å². The Morgan fingerprint density at radius 3 is 2.37 bits per heavy atom. The Kier molecular flexibility index (Phi) is 7.56. The van der Waals surface area contributed by atoms with Crippen LogP contribution in [0, 0.1) is 27.7 Å². The summed E-state index contributed by atoms with van der Waals surface area (Å²) < 4.78 is 2.03. The SMILES string of the molecule is Cc1ccc(-n2c(SCc3ccccc3C)nnc2C(C)NC(=O)Nc2ccc(C)c(C)c2)cc1. The first-order chi connectivity index (χ1) is 16.8. The summed E-state index contributed by atoms with van der Waals surface area (Å²) in [6, 6.07) is 21.8. The molecule has 0 radical (unpaired) electrons. The summed E-state index contributed by atoms with van der Waals surface area (Å²) in [6.45, 7) is 10.2. The zero-order valence-electron chi connectivity index (χ0n) is 20.8. The Morgan fingerprint density at radius 2 is 1.66 bits per heavy atom. The minimum absolute atomic E-state index is 0.284. The fourth-order valence-electron chi connectivity index (χ4n) is 3.75. The lowest BCUT2D eigenvalue weighted by atomic mass is 10.1. The van der Waals surface area contributed by atoms with Crippen molar-refractivity contribution in [2.75, 3.05) is 5.32 Å². The molecule has 0 aliphatic heterocycles. The van der Waals surface area contributed by atoms with E-state index in [1.807, 2.05) is 49.6 Å². The molecule has 6 nitrogen and oxygen atoms in total. The highest BCUT2D eigenvalue weighted by Crippen LogP contribution is 2.28. The highest BCUT2D eigenvalue weighted by atomic mass is 32.2. The molecule has 1 unspecified atom stereocenters. The first-order valence-corrected chi connectivity index (χ1v) is 12.6. The number of nitrogens with zero attached hydrogens (tertiary/aromatic N) is 3.